The van der Waals surface area contributed by atoms with Crippen molar-refractivity contribution in [2.45, 2.75) is 0 Å². The quantitative estimate of drug-likeness (QED) is 0.284. The zero-order valence-corrected chi connectivity index (χ0v) is 10.3. The van der Waals surface area contributed by atoms with Gasteiger partial charge in [-0.3, -0.25) is 0 Å². The van der Waals surface area contributed by atoms with Crippen LogP contribution in [0.15, 0.2) is 5.11 Å². The van der Waals surface area contributed by atoms with E-state index in [1.807, 2.05) is 0 Å². The maximum atomic E-state index is 14.0. The highest BCUT2D eigenvalue weighted by Crippen LogP contribution is 2.35. The molecule has 0 aromatic heterocycles. The minimum Gasteiger partial charge on any atom is -0.465 e. The first-order valence-corrected chi connectivity index (χ1v) is 5.27. The van der Waals surface area contributed by atoms with E-state index in [2.05, 4.69) is 20.1 Å². The van der Waals surface area contributed by atoms with Gasteiger partial charge in [-0.15, -0.1) is 0 Å². The summed E-state index contributed by atoms with van der Waals surface area (Å²) in [7, 11) is 0.922. The highest BCUT2D eigenvalue weighted by atomic mass is 19.2. The molecule has 0 radical (unpaired) electrons. The molecule has 0 unspecified atom stereocenters. The first-order valence-electron chi connectivity index (χ1n) is 5.27. The monoisotopic (exact) mass is 289 g/mol. The van der Waals surface area contributed by atoms with Gasteiger partial charge in [0.05, 0.1) is 12.8 Å². The molecule has 0 saturated carbocycles. The van der Waals surface area contributed by atoms with Gasteiger partial charge in [-0.25, -0.2) is 18.0 Å². The zero-order chi connectivity index (χ0) is 15.3. The highest BCUT2D eigenvalue weighted by Gasteiger charge is 2.28. The predicted octanol–water partition coefficient (Wildman–Crippen LogP) is 2.20. The maximum absolute atomic E-state index is 14.0. The van der Waals surface area contributed by atoms with Gasteiger partial charge in [0.1, 0.15) is 11.3 Å². The summed E-state index contributed by atoms with van der Waals surface area (Å²) in [5.41, 5.74) is 10.6. The summed E-state index contributed by atoms with van der Waals surface area (Å²) >= 11 is 0. The Morgan fingerprint density at radius 3 is 2.55 bits per heavy atom. The molecule has 3 N–H and O–H groups in total. The van der Waals surface area contributed by atoms with E-state index in [9.17, 15) is 18.0 Å². The lowest BCUT2D eigenvalue weighted by Crippen LogP contribution is -2.19. The smallest absolute Gasteiger partial charge is 0.343 e. The van der Waals surface area contributed by atoms with Crippen molar-refractivity contribution in [3.05, 3.63) is 33.5 Å². The van der Waals surface area contributed by atoms with Crippen molar-refractivity contribution < 1.29 is 22.7 Å². The van der Waals surface area contributed by atoms with Gasteiger partial charge in [-0.05, 0) is 5.53 Å². The largest absolute Gasteiger partial charge is 0.465 e. The fourth-order valence-electron chi connectivity index (χ4n) is 1.44. The molecule has 1 aromatic rings. The Morgan fingerprint density at radius 1 is 1.40 bits per heavy atom. The van der Waals surface area contributed by atoms with Gasteiger partial charge >= 0.3 is 5.97 Å². The van der Waals surface area contributed by atoms with E-state index >= 15 is 0 Å². The summed E-state index contributed by atoms with van der Waals surface area (Å²) < 4.78 is 45.6. The number of rotatable bonds is 5. The van der Waals surface area contributed by atoms with Gasteiger partial charge in [-0.2, -0.15) is 0 Å². The average molecular weight is 289 g/mol. The van der Waals surface area contributed by atoms with E-state index in [0.717, 1.165) is 7.11 Å². The lowest BCUT2D eigenvalue weighted by atomic mass is 10.1. The molecule has 108 valence electrons. The van der Waals surface area contributed by atoms with Crippen LogP contribution in [0.25, 0.3) is 10.4 Å². The van der Waals surface area contributed by atoms with Crippen LogP contribution in [-0.2, 0) is 4.74 Å². The van der Waals surface area contributed by atoms with Crippen molar-refractivity contribution >= 4 is 17.3 Å². The van der Waals surface area contributed by atoms with E-state index in [-0.39, 0.29) is 13.1 Å². The number of halogens is 3. The second kappa shape index (κ2) is 6.64. The van der Waals surface area contributed by atoms with Gasteiger partial charge < -0.3 is 15.8 Å². The minimum atomic E-state index is -1.78. The first-order chi connectivity index (χ1) is 9.49. The summed E-state index contributed by atoms with van der Waals surface area (Å²) in [6.07, 6.45) is 0. The molecule has 7 nitrogen and oxygen atoms in total. The Labute approximate surface area is 111 Å². The van der Waals surface area contributed by atoms with Crippen molar-refractivity contribution in [1.82, 2.24) is 0 Å². The van der Waals surface area contributed by atoms with Crippen LogP contribution in [0.5, 0.6) is 0 Å². The minimum absolute atomic E-state index is 0.0261. The molecule has 1 rings (SSSR count). The molecule has 20 heavy (non-hydrogen) atoms. The number of methoxy groups -OCH3 is 1. The van der Waals surface area contributed by atoms with Crippen LogP contribution in [0.4, 0.5) is 24.5 Å². The number of hydrogen-bond donors (Lipinski definition) is 2. The highest BCUT2D eigenvalue weighted by molar-refractivity contribution is 5.97. The first kappa shape index (κ1) is 15.6. The summed E-state index contributed by atoms with van der Waals surface area (Å²) in [4.78, 5) is 13.6. The Morgan fingerprint density at radius 2 is 2.05 bits per heavy atom. The van der Waals surface area contributed by atoms with E-state index in [0.29, 0.717) is 0 Å². The third kappa shape index (κ3) is 2.76. The van der Waals surface area contributed by atoms with Crippen LogP contribution in [-0.4, -0.2) is 26.2 Å². The standard InChI is InChI=1S/C10H10F3N5O2/c1-20-10(19)4-5(11)6(12)9(17-18-15)7(13)8(4)16-3-2-14/h16H,2-3,14H2,1H3. The number of hydrogen-bond acceptors (Lipinski definition) is 5. The molecule has 10 heteroatoms. The van der Waals surface area contributed by atoms with Gasteiger partial charge in [-0.1, -0.05) is 5.11 Å². The van der Waals surface area contributed by atoms with E-state index in [1.54, 1.807) is 0 Å². The van der Waals surface area contributed by atoms with Gasteiger partial charge in [0.25, 0.3) is 0 Å². The van der Waals surface area contributed by atoms with Crippen molar-refractivity contribution in [2.24, 2.45) is 10.8 Å². The van der Waals surface area contributed by atoms with Crippen molar-refractivity contribution in [3.63, 3.8) is 0 Å². The van der Waals surface area contributed by atoms with Gasteiger partial charge in [0.2, 0.25) is 0 Å². The molecule has 0 aliphatic carbocycles. The number of anilines is 1. The maximum Gasteiger partial charge on any atom is 0.343 e. The zero-order valence-electron chi connectivity index (χ0n) is 10.3. The Hall–Kier alpha value is -2.45. The lowest BCUT2D eigenvalue weighted by molar-refractivity contribution is 0.0595. The average Bonchev–Trinajstić information content (AvgIpc) is 2.45. The number of benzene rings is 1. The molecule has 0 saturated heterocycles. The van der Waals surface area contributed by atoms with Gasteiger partial charge in [0.15, 0.2) is 17.5 Å². The number of carbonyl (C=O) groups excluding carboxylic acids is 1. The molecule has 0 bridgehead atoms. The third-order valence-electron chi connectivity index (χ3n) is 2.28. The molecule has 0 aliphatic heterocycles. The molecule has 0 atom stereocenters. The summed E-state index contributed by atoms with van der Waals surface area (Å²) in [5, 5.41) is 5.05. The number of nitrogens with two attached hydrogens (primary N) is 1. The van der Waals surface area contributed by atoms with Crippen LogP contribution >= 0.6 is 0 Å². The molecule has 0 aliphatic rings. The van der Waals surface area contributed by atoms with Crippen LogP contribution in [0.2, 0.25) is 0 Å². The Kier molecular flexibility index (Phi) is 5.18. The number of nitrogens with one attached hydrogen (secondary N) is 1. The molecule has 1 aromatic carbocycles. The molecular weight excluding hydrogens is 279 g/mol. The number of ether oxygens (including phenoxy) is 1. The molecule has 0 heterocycles. The fraction of sp³-hybridized carbons (Fsp3) is 0.300. The number of esters is 1. The number of carbonyl (C=O) groups is 1. The van der Waals surface area contributed by atoms with Crippen molar-refractivity contribution in [3.8, 4) is 0 Å². The van der Waals surface area contributed by atoms with Crippen molar-refractivity contribution in [1.29, 1.82) is 0 Å². The normalized spacial score (nSPS) is 9.85. The van der Waals surface area contributed by atoms with Crippen LogP contribution in [0, 0.1) is 17.5 Å². The fourth-order valence-corrected chi connectivity index (χ4v) is 1.44. The van der Waals surface area contributed by atoms with Crippen LogP contribution < -0.4 is 11.1 Å². The van der Waals surface area contributed by atoms with Crippen LogP contribution in [0.3, 0.4) is 0 Å². The van der Waals surface area contributed by atoms with Gasteiger partial charge in [0, 0.05) is 18.0 Å². The number of nitrogens with zero attached hydrogens (tertiary/aromatic N) is 3. The predicted molar refractivity (Wildman–Crippen MR) is 64.0 cm³/mol. The molecule has 0 fully saturated rings. The van der Waals surface area contributed by atoms with E-state index < -0.39 is 40.4 Å². The second-order valence-corrected chi connectivity index (χ2v) is 3.44. The molecule has 0 spiro atoms. The summed E-state index contributed by atoms with van der Waals surface area (Å²) in [5.74, 6) is -6.15. The molecule has 0 amide bonds. The lowest BCUT2D eigenvalue weighted by Gasteiger charge is -2.14. The Bertz CT molecular complexity index is 587. The second-order valence-electron chi connectivity index (χ2n) is 3.44. The summed E-state index contributed by atoms with van der Waals surface area (Å²) in [6.45, 7) is 0.0115. The van der Waals surface area contributed by atoms with Crippen molar-refractivity contribution in [2.75, 3.05) is 25.5 Å². The third-order valence-corrected chi connectivity index (χ3v) is 2.28. The topological polar surface area (TPSA) is 113 Å². The van der Waals surface area contributed by atoms with E-state index in [1.165, 1.54) is 0 Å². The Balaban J connectivity index is 3.64. The molecular formula is C10H10F3N5O2. The van der Waals surface area contributed by atoms with Crippen LogP contribution in [0.1, 0.15) is 10.4 Å². The number of azide groups is 1. The SMILES string of the molecule is COC(=O)c1c(F)c(F)c(N=[N+]=[N-])c(F)c1NCCN. The van der Waals surface area contributed by atoms with E-state index in [4.69, 9.17) is 11.3 Å². The summed E-state index contributed by atoms with van der Waals surface area (Å²) in [6, 6.07) is 0.